The van der Waals surface area contributed by atoms with E-state index in [1.165, 1.54) is 5.56 Å². The largest absolute Gasteiger partial charge is 0.361 e. The Labute approximate surface area is 118 Å². The fourth-order valence-electron chi connectivity index (χ4n) is 2.11. The third-order valence-electron chi connectivity index (χ3n) is 3.64. The Balaban J connectivity index is 2.34. The quantitative estimate of drug-likeness (QED) is 0.436. The highest BCUT2D eigenvalue weighted by molar-refractivity contribution is 5.63. The maximum atomic E-state index is 8.45. The van der Waals surface area contributed by atoms with Gasteiger partial charge in [-0.15, -0.1) is 0 Å². The van der Waals surface area contributed by atoms with E-state index < -0.39 is 0 Å². The molecule has 2 aromatic rings. The van der Waals surface area contributed by atoms with Gasteiger partial charge in [0.15, 0.2) is 0 Å². The fraction of sp³-hybridized carbons (Fsp3) is 0.400. The van der Waals surface area contributed by atoms with Crippen LogP contribution < -0.4 is 0 Å². The summed E-state index contributed by atoms with van der Waals surface area (Å²) in [5.41, 5.74) is 12.3. The molecule has 0 aliphatic carbocycles. The summed E-state index contributed by atoms with van der Waals surface area (Å²) < 4.78 is 5.21. The van der Waals surface area contributed by atoms with Gasteiger partial charge in [-0.25, -0.2) is 0 Å². The zero-order valence-corrected chi connectivity index (χ0v) is 12.0. The molecule has 1 heterocycles. The van der Waals surface area contributed by atoms with Crippen molar-refractivity contribution in [3.8, 4) is 11.3 Å². The smallest absolute Gasteiger partial charge is 0.137 e. The van der Waals surface area contributed by atoms with Crippen LogP contribution in [0.25, 0.3) is 21.7 Å². The van der Waals surface area contributed by atoms with E-state index in [0.29, 0.717) is 11.7 Å². The number of azide groups is 1. The molecular formula is C15H18N4O. The first-order valence-corrected chi connectivity index (χ1v) is 6.73. The number of hydrogen-bond acceptors (Lipinski definition) is 3. The van der Waals surface area contributed by atoms with E-state index in [9.17, 15) is 0 Å². The van der Waals surface area contributed by atoms with Gasteiger partial charge in [0, 0.05) is 16.0 Å². The van der Waals surface area contributed by atoms with Crippen molar-refractivity contribution in [1.82, 2.24) is 5.16 Å². The average Bonchev–Trinajstić information content (AvgIpc) is 2.85. The van der Waals surface area contributed by atoms with Crippen molar-refractivity contribution in [2.24, 2.45) is 5.11 Å². The van der Waals surface area contributed by atoms with Crippen molar-refractivity contribution in [2.75, 3.05) is 0 Å². The number of hydrogen-bond donors (Lipinski definition) is 0. The highest BCUT2D eigenvalue weighted by atomic mass is 16.5. The van der Waals surface area contributed by atoms with E-state index in [0.717, 1.165) is 23.2 Å². The SMILES string of the molecule is CCC(C)c1ccc(-c2noc(C)c2CN=[N+]=[N-])cc1. The molecule has 0 aliphatic heterocycles. The molecule has 0 bridgehead atoms. The molecule has 2 rings (SSSR count). The Kier molecular flexibility index (Phi) is 4.43. The van der Waals surface area contributed by atoms with E-state index in [-0.39, 0.29) is 6.54 Å². The Bertz CT molecular complexity index is 624. The molecule has 1 aromatic heterocycles. The van der Waals surface area contributed by atoms with Crippen LogP contribution in [0.1, 0.15) is 43.1 Å². The van der Waals surface area contributed by atoms with E-state index in [4.69, 9.17) is 10.1 Å². The van der Waals surface area contributed by atoms with Crippen LogP contribution in [0.5, 0.6) is 0 Å². The lowest BCUT2D eigenvalue weighted by Gasteiger charge is -2.09. The molecule has 104 valence electrons. The van der Waals surface area contributed by atoms with Gasteiger partial charge in [0.05, 0.1) is 6.54 Å². The Morgan fingerprint density at radius 1 is 1.35 bits per heavy atom. The maximum Gasteiger partial charge on any atom is 0.137 e. The van der Waals surface area contributed by atoms with Gasteiger partial charge in [0.2, 0.25) is 0 Å². The van der Waals surface area contributed by atoms with Gasteiger partial charge in [-0.3, -0.25) is 0 Å². The van der Waals surface area contributed by atoms with Crippen LogP contribution in [-0.4, -0.2) is 5.16 Å². The molecule has 0 radical (unpaired) electrons. The van der Waals surface area contributed by atoms with Crippen molar-refractivity contribution in [3.05, 3.63) is 51.6 Å². The molecule has 0 spiro atoms. The minimum Gasteiger partial charge on any atom is -0.361 e. The van der Waals surface area contributed by atoms with Crippen LogP contribution in [0.4, 0.5) is 0 Å². The Morgan fingerprint density at radius 2 is 2.05 bits per heavy atom. The average molecular weight is 270 g/mol. The molecule has 0 fully saturated rings. The van der Waals surface area contributed by atoms with Gasteiger partial charge in [-0.05, 0) is 30.4 Å². The Morgan fingerprint density at radius 3 is 2.65 bits per heavy atom. The predicted molar refractivity (Wildman–Crippen MR) is 78.2 cm³/mol. The number of aromatic nitrogens is 1. The van der Waals surface area contributed by atoms with Crippen LogP contribution in [0, 0.1) is 6.92 Å². The van der Waals surface area contributed by atoms with Gasteiger partial charge < -0.3 is 4.52 Å². The van der Waals surface area contributed by atoms with Gasteiger partial charge in [0.1, 0.15) is 11.5 Å². The number of benzene rings is 1. The van der Waals surface area contributed by atoms with Gasteiger partial charge in [-0.2, -0.15) is 0 Å². The summed E-state index contributed by atoms with van der Waals surface area (Å²) in [5, 5.41) is 7.68. The zero-order chi connectivity index (χ0) is 14.5. The lowest BCUT2D eigenvalue weighted by molar-refractivity contribution is 0.398. The molecule has 5 heteroatoms. The first-order valence-electron chi connectivity index (χ1n) is 6.73. The molecule has 0 N–H and O–H groups in total. The molecule has 5 nitrogen and oxygen atoms in total. The topological polar surface area (TPSA) is 74.8 Å². The normalized spacial score (nSPS) is 11.9. The first-order chi connectivity index (χ1) is 9.67. The summed E-state index contributed by atoms with van der Waals surface area (Å²) in [7, 11) is 0. The lowest BCUT2D eigenvalue weighted by Crippen LogP contribution is -1.92. The van der Waals surface area contributed by atoms with Crippen LogP contribution in [0.2, 0.25) is 0 Å². The predicted octanol–water partition coefficient (Wildman–Crippen LogP) is 4.97. The molecule has 1 aromatic carbocycles. The van der Waals surface area contributed by atoms with E-state index in [1.807, 2.05) is 19.1 Å². The van der Waals surface area contributed by atoms with E-state index >= 15 is 0 Å². The number of aryl methyl sites for hydroxylation is 1. The van der Waals surface area contributed by atoms with Crippen LogP contribution in [0.15, 0.2) is 33.9 Å². The lowest BCUT2D eigenvalue weighted by atomic mass is 9.96. The second kappa shape index (κ2) is 6.26. The molecular weight excluding hydrogens is 252 g/mol. The number of nitrogens with zero attached hydrogens (tertiary/aromatic N) is 4. The standard InChI is InChI=1S/C15H18N4O/c1-4-10(2)12-5-7-13(8-6-12)15-14(9-17-19-16)11(3)20-18-15/h5-8,10H,4,9H2,1-3H3. The zero-order valence-electron chi connectivity index (χ0n) is 12.0. The van der Waals surface area contributed by atoms with Crippen LogP contribution in [-0.2, 0) is 6.54 Å². The molecule has 1 unspecified atom stereocenters. The molecule has 1 atom stereocenters. The summed E-state index contributed by atoms with van der Waals surface area (Å²) >= 11 is 0. The third kappa shape index (κ3) is 2.83. The minimum atomic E-state index is 0.258. The van der Waals surface area contributed by atoms with Crippen molar-refractivity contribution in [2.45, 2.75) is 39.7 Å². The second-order valence-corrected chi connectivity index (χ2v) is 4.89. The summed E-state index contributed by atoms with van der Waals surface area (Å²) in [6, 6.07) is 8.31. The van der Waals surface area contributed by atoms with Crippen molar-refractivity contribution < 1.29 is 4.52 Å². The fourth-order valence-corrected chi connectivity index (χ4v) is 2.11. The summed E-state index contributed by atoms with van der Waals surface area (Å²) in [4.78, 5) is 2.79. The first kappa shape index (κ1) is 14.2. The molecule has 0 saturated carbocycles. The minimum absolute atomic E-state index is 0.258. The molecule has 0 amide bonds. The van der Waals surface area contributed by atoms with E-state index in [1.54, 1.807) is 0 Å². The summed E-state index contributed by atoms with van der Waals surface area (Å²) in [6.45, 7) is 6.47. The summed E-state index contributed by atoms with van der Waals surface area (Å²) in [5.74, 6) is 1.24. The molecule has 20 heavy (non-hydrogen) atoms. The molecule has 0 saturated heterocycles. The molecule has 0 aliphatic rings. The van der Waals surface area contributed by atoms with Crippen LogP contribution in [0.3, 0.4) is 0 Å². The highest BCUT2D eigenvalue weighted by Gasteiger charge is 2.14. The van der Waals surface area contributed by atoms with E-state index in [2.05, 4.69) is 41.2 Å². The second-order valence-electron chi connectivity index (χ2n) is 4.89. The monoisotopic (exact) mass is 270 g/mol. The Hall–Kier alpha value is -2.26. The third-order valence-corrected chi connectivity index (χ3v) is 3.64. The highest BCUT2D eigenvalue weighted by Crippen LogP contribution is 2.28. The van der Waals surface area contributed by atoms with Crippen LogP contribution >= 0.6 is 0 Å². The van der Waals surface area contributed by atoms with Crippen molar-refractivity contribution in [3.63, 3.8) is 0 Å². The van der Waals surface area contributed by atoms with Crippen molar-refractivity contribution >= 4 is 0 Å². The van der Waals surface area contributed by atoms with Gasteiger partial charge in [0.25, 0.3) is 0 Å². The maximum absolute atomic E-state index is 8.45. The van der Waals surface area contributed by atoms with Gasteiger partial charge >= 0.3 is 0 Å². The van der Waals surface area contributed by atoms with Gasteiger partial charge in [-0.1, -0.05) is 48.4 Å². The number of rotatable bonds is 5. The summed E-state index contributed by atoms with van der Waals surface area (Å²) in [6.07, 6.45) is 1.12. The van der Waals surface area contributed by atoms with Crippen molar-refractivity contribution in [1.29, 1.82) is 0 Å².